The van der Waals surface area contributed by atoms with Gasteiger partial charge in [-0.1, -0.05) is 32.6 Å². The molecule has 2 aromatic heterocycles. The summed E-state index contributed by atoms with van der Waals surface area (Å²) < 4.78 is 0. The highest BCUT2D eigenvalue weighted by Gasteiger charge is 2.57. The van der Waals surface area contributed by atoms with Crippen LogP contribution in [0.15, 0.2) is 54.3 Å². The highest BCUT2D eigenvalue weighted by Crippen LogP contribution is 2.46. The van der Waals surface area contributed by atoms with Gasteiger partial charge >= 0.3 is 0 Å². The largest absolute Gasteiger partial charge is 0.335 e. The minimum Gasteiger partial charge on any atom is -0.335 e. The van der Waals surface area contributed by atoms with Gasteiger partial charge in [-0.3, -0.25) is 14.4 Å². The molecule has 2 aliphatic rings. The molecule has 9 nitrogen and oxygen atoms in total. The van der Waals surface area contributed by atoms with Gasteiger partial charge < -0.3 is 20.1 Å². The number of nitrogens with one attached hydrogen (secondary N) is 2. The Morgan fingerprint density at radius 3 is 2.76 bits per heavy atom. The number of aromatic nitrogens is 2. The van der Waals surface area contributed by atoms with Crippen molar-refractivity contribution in [2.24, 2.45) is 11.3 Å². The van der Waals surface area contributed by atoms with Crippen LogP contribution in [0.1, 0.15) is 49.8 Å². The molecule has 0 aliphatic carbocycles. The van der Waals surface area contributed by atoms with Crippen molar-refractivity contribution in [3.8, 4) is 6.07 Å². The summed E-state index contributed by atoms with van der Waals surface area (Å²) in [6.07, 6.45) is 5.81. The second kappa shape index (κ2) is 10.3. The summed E-state index contributed by atoms with van der Waals surface area (Å²) in [6, 6.07) is 6.09. The fourth-order valence-electron chi connectivity index (χ4n) is 5.52. The molecule has 9 heteroatoms. The van der Waals surface area contributed by atoms with Crippen molar-refractivity contribution in [1.82, 2.24) is 25.1 Å². The molecule has 4 heterocycles. The van der Waals surface area contributed by atoms with Gasteiger partial charge in [0.2, 0.25) is 11.8 Å². The summed E-state index contributed by atoms with van der Waals surface area (Å²) in [5, 5.41) is 13.7. The van der Waals surface area contributed by atoms with E-state index in [2.05, 4.69) is 27.9 Å². The number of amides is 3. The number of nitriles is 1. The number of allylic oxidation sites excluding steroid dienone is 3. The lowest BCUT2D eigenvalue weighted by Gasteiger charge is -2.33. The zero-order valence-electron chi connectivity index (χ0n) is 22.5. The molecule has 198 valence electrons. The molecular weight excluding hydrogens is 480 g/mol. The molecule has 4 rings (SSSR count). The molecule has 1 spiro atoms. The molecule has 2 aromatic rings. The number of H-pyrrole nitrogens is 1. The van der Waals surface area contributed by atoms with Crippen LogP contribution >= 0.6 is 0 Å². The van der Waals surface area contributed by atoms with Crippen LogP contribution in [-0.2, 0) is 9.59 Å². The molecular formula is C29H34N6O3. The predicted octanol–water partition coefficient (Wildman–Crippen LogP) is 3.61. The first kappa shape index (κ1) is 26.9. The Labute approximate surface area is 222 Å². The lowest BCUT2D eigenvalue weighted by Crippen LogP contribution is -2.51. The summed E-state index contributed by atoms with van der Waals surface area (Å²) in [5.41, 5.74) is 2.02. The van der Waals surface area contributed by atoms with Gasteiger partial charge in [0, 0.05) is 36.8 Å². The van der Waals surface area contributed by atoms with Gasteiger partial charge in [-0.05, 0) is 56.0 Å². The maximum atomic E-state index is 14.1. The Morgan fingerprint density at radius 1 is 1.39 bits per heavy atom. The van der Waals surface area contributed by atoms with Crippen LogP contribution in [0.4, 0.5) is 0 Å². The first-order valence-electron chi connectivity index (χ1n) is 12.8. The topological polar surface area (TPSA) is 122 Å². The highest BCUT2D eigenvalue weighted by molar-refractivity contribution is 6.00. The lowest BCUT2D eigenvalue weighted by atomic mass is 9.78. The Morgan fingerprint density at radius 2 is 2.13 bits per heavy atom. The van der Waals surface area contributed by atoms with Crippen LogP contribution in [0.5, 0.6) is 0 Å². The first-order chi connectivity index (χ1) is 18.1. The molecule has 3 atom stereocenters. The molecule has 2 N–H and O–H groups in total. The van der Waals surface area contributed by atoms with Crippen LogP contribution < -0.4 is 5.32 Å². The molecule has 1 saturated heterocycles. The monoisotopic (exact) mass is 514 g/mol. The van der Waals surface area contributed by atoms with Crippen molar-refractivity contribution < 1.29 is 14.4 Å². The highest BCUT2D eigenvalue weighted by atomic mass is 16.2. The Bertz CT molecular complexity index is 1410. The van der Waals surface area contributed by atoms with Crippen molar-refractivity contribution in [2.45, 2.75) is 52.6 Å². The summed E-state index contributed by atoms with van der Waals surface area (Å²) in [7, 11) is 1.60. The lowest BCUT2D eigenvalue weighted by molar-refractivity contribution is -0.137. The number of likely N-dealkylation sites (tertiary alicyclic amines) is 1. The molecule has 0 aromatic carbocycles. The molecule has 38 heavy (non-hydrogen) atoms. The number of carbonyl (C=O) groups is 3. The SMILES string of the molecule is C=CC1=C(/C=C\C)NC(=O)[C@]12C[C@@H](C#N)N(C(=O)C(CC(C)C)N(C)C(=O)c1cc3ccc(C)nc3[nH]1)C2. The van der Waals surface area contributed by atoms with Crippen LogP contribution in [0, 0.1) is 29.6 Å². The smallest absolute Gasteiger partial charge is 0.270 e. The van der Waals surface area contributed by atoms with Gasteiger partial charge in [0.05, 0.1) is 11.5 Å². The number of aryl methyl sites for hydroxylation is 1. The van der Waals surface area contributed by atoms with E-state index in [1.54, 1.807) is 25.3 Å². The number of pyridine rings is 1. The van der Waals surface area contributed by atoms with Gasteiger partial charge in [0.15, 0.2) is 0 Å². The van der Waals surface area contributed by atoms with E-state index >= 15 is 0 Å². The number of fused-ring (bicyclic) bond motifs is 1. The summed E-state index contributed by atoms with van der Waals surface area (Å²) in [4.78, 5) is 51.2. The van der Waals surface area contributed by atoms with Gasteiger partial charge in [0.25, 0.3) is 5.91 Å². The number of carbonyl (C=O) groups excluding carboxylic acids is 3. The molecule has 0 radical (unpaired) electrons. The minimum atomic E-state index is -1.06. The second-order valence-electron chi connectivity index (χ2n) is 10.5. The normalized spacial score (nSPS) is 22.0. The summed E-state index contributed by atoms with van der Waals surface area (Å²) >= 11 is 0. The molecule has 1 unspecified atom stereocenters. The van der Waals surface area contributed by atoms with Crippen LogP contribution in [0.3, 0.4) is 0 Å². The number of hydrogen-bond acceptors (Lipinski definition) is 5. The minimum absolute atomic E-state index is 0.0461. The Kier molecular flexibility index (Phi) is 7.27. The fraction of sp³-hybridized carbons (Fsp3) is 0.414. The zero-order valence-corrected chi connectivity index (χ0v) is 22.5. The molecule has 1 fully saturated rings. The first-order valence-corrected chi connectivity index (χ1v) is 12.8. The zero-order chi connectivity index (χ0) is 27.8. The van der Waals surface area contributed by atoms with Crippen molar-refractivity contribution in [3.05, 3.63) is 65.7 Å². The molecule has 3 amide bonds. The average molecular weight is 515 g/mol. The molecule has 0 saturated carbocycles. The number of nitrogens with zero attached hydrogens (tertiary/aromatic N) is 4. The van der Waals surface area contributed by atoms with Crippen molar-refractivity contribution in [3.63, 3.8) is 0 Å². The number of likely N-dealkylation sites (N-methyl/N-ethyl adjacent to an activating group) is 1. The van der Waals surface area contributed by atoms with E-state index in [4.69, 9.17) is 0 Å². The molecule has 0 bridgehead atoms. The van der Waals surface area contributed by atoms with Crippen LogP contribution in [0.25, 0.3) is 11.0 Å². The fourth-order valence-corrected chi connectivity index (χ4v) is 5.52. The van der Waals surface area contributed by atoms with Gasteiger partial charge in [0.1, 0.15) is 23.4 Å². The van der Waals surface area contributed by atoms with Crippen molar-refractivity contribution >= 4 is 28.8 Å². The van der Waals surface area contributed by atoms with E-state index in [1.165, 1.54) is 9.80 Å². The van der Waals surface area contributed by atoms with E-state index in [0.717, 1.165) is 11.1 Å². The second-order valence-corrected chi connectivity index (χ2v) is 10.5. The quantitative estimate of drug-likeness (QED) is 0.584. The van der Waals surface area contributed by atoms with Crippen molar-refractivity contribution in [2.75, 3.05) is 13.6 Å². The molecule has 2 aliphatic heterocycles. The van der Waals surface area contributed by atoms with Gasteiger partial charge in [-0.2, -0.15) is 5.26 Å². The number of rotatable bonds is 7. The average Bonchev–Trinajstić information content (AvgIpc) is 3.55. The predicted molar refractivity (Wildman–Crippen MR) is 145 cm³/mol. The third-order valence-corrected chi connectivity index (χ3v) is 7.43. The van der Waals surface area contributed by atoms with Crippen LogP contribution in [-0.4, -0.2) is 63.2 Å². The van der Waals surface area contributed by atoms with Crippen LogP contribution in [0.2, 0.25) is 0 Å². The van der Waals surface area contributed by atoms with Crippen molar-refractivity contribution in [1.29, 1.82) is 5.26 Å². The Balaban J connectivity index is 1.67. The third-order valence-electron chi connectivity index (χ3n) is 7.43. The maximum absolute atomic E-state index is 14.1. The van der Waals surface area contributed by atoms with E-state index in [-0.39, 0.29) is 36.6 Å². The van der Waals surface area contributed by atoms with E-state index in [1.807, 2.05) is 45.9 Å². The summed E-state index contributed by atoms with van der Waals surface area (Å²) in [6.45, 7) is 11.6. The van der Waals surface area contributed by atoms with E-state index in [9.17, 15) is 19.6 Å². The van der Waals surface area contributed by atoms with E-state index < -0.39 is 17.5 Å². The number of aromatic amines is 1. The van der Waals surface area contributed by atoms with Gasteiger partial charge in [-0.15, -0.1) is 0 Å². The van der Waals surface area contributed by atoms with E-state index in [0.29, 0.717) is 29.0 Å². The maximum Gasteiger partial charge on any atom is 0.270 e. The summed E-state index contributed by atoms with van der Waals surface area (Å²) in [5.74, 6) is -0.841. The third kappa shape index (κ3) is 4.51. The number of hydrogen-bond donors (Lipinski definition) is 2. The van der Waals surface area contributed by atoms with Gasteiger partial charge in [-0.25, -0.2) is 4.98 Å². The Hall–Kier alpha value is -4.19. The standard InChI is InChI=1S/C29H34N6O3/c1-7-9-22-21(8-2)29(28(38)33-22)14-20(15-30)35(16-29)27(37)24(12-17(3)4)34(6)26(36)23-13-19-11-10-18(5)31-25(19)32-23/h7-11,13,17,20,24H,2,12,14,16H2,1,3-6H3,(H,31,32)(H,33,38)/b9-7-/t20-,24?,29-/m0/s1.